The Morgan fingerprint density at radius 1 is 1.56 bits per heavy atom. The highest BCUT2D eigenvalue weighted by molar-refractivity contribution is 8.00. The van der Waals surface area contributed by atoms with Crippen LogP contribution in [-0.4, -0.2) is 36.2 Å². The standard InChI is InChI=1S/C12H23NO2S/c1-3-4-7-15-11(14)9-13-10-12(2)6-5-8-16-12/h13H,3-10H2,1-2H3. The lowest BCUT2D eigenvalue weighted by atomic mass is 10.1. The van der Waals surface area contributed by atoms with Gasteiger partial charge in [-0.1, -0.05) is 13.3 Å². The zero-order valence-corrected chi connectivity index (χ0v) is 11.2. The number of hydrogen-bond acceptors (Lipinski definition) is 4. The summed E-state index contributed by atoms with van der Waals surface area (Å²) >= 11 is 2.00. The lowest BCUT2D eigenvalue weighted by Gasteiger charge is -2.22. The van der Waals surface area contributed by atoms with Crippen molar-refractivity contribution in [1.29, 1.82) is 0 Å². The molecule has 1 fully saturated rings. The summed E-state index contributed by atoms with van der Waals surface area (Å²) in [5, 5.41) is 3.20. The number of unbranched alkanes of at least 4 members (excludes halogenated alkanes) is 1. The van der Waals surface area contributed by atoms with Gasteiger partial charge in [0.2, 0.25) is 0 Å². The van der Waals surface area contributed by atoms with E-state index in [1.54, 1.807) is 0 Å². The monoisotopic (exact) mass is 245 g/mol. The third kappa shape index (κ3) is 5.21. The molecular weight excluding hydrogens is 222 g/mol. The highest BCUT2D eigenvalue weighted by Gasteiger charge is 2.28. The van der Waals surface area contributed by atoms with Gasteiger partial charge in [0, 0.05) is 11.3 Å². The fraction of sp³-hybridized carbons (Fsp3) is 0.917. The summed E-state index contributed by atoms with van der Waals surface area (Å²) in [4.78, 5) is 11.3. The van der Waals surface area contributed by atoms with Crippen molar-refractivity contribution < 1.29 is 9.53 Å². The van der Waals surface area contributed by atoms with Gasteiger partial charge in [0.05, 0.1) is 13.2 Å². The van der Waals surface area contributed by atoms with E-state index in [4.69, 9.17) is 4.74 Å². The molecule has 0 bridgehead atoms. The minimum absolute atomic E-state index is 0.125. The van der Waals surface area contributed by atoms with Gasteiger partial charge in [-0.3, -0.25) is 4.79 Å². The molecule has 0 aromatic rings. The van der Waals surface area contributed by atoms with Crippen molar-refractivity contribution in [2.75, 3.05) is 25.4 Å². The molecule has 4 heteroatoms. The van der Waals surface area contributed by atoms with Crippen LogP contribution in [0.5, 0.6) is 0 Å². The van der Waals surface area contributed by atoms with Crippen LogP contribution < -0.4 is 5.32 Å². The van der Waals surface area contributed by atoms with Crippen LogP contribution >= 0.6 is 11.8 Å². The third-order valence-electron chi connectivity index (χ3n) is 2.83. The molecule has 16 heavy (non-hydrogen) atoms. The first-order valence-corrected chi connectivity index (χ1v) is 7.15. The molecule has 1 aliphatic heterocycles. The molecule has 0 aliphatic carbocycles. The number of rotatable bonds is 7. The smallest absolute Gasteiger partial charge is 0.319 e. The molecule has 94 valence electrons. The van der Waals surface area contributed by atoms with Crippen molar-refractivity contribution in [2.45, 2.75) is 44.3 Å². The zero-order valence-electron chi connectivity index (χ0n) is 10.4. The van der Waals surface area contributed by atoms with Crippen LogP contribution in [0.25, 0.3) is 0 Å². The quantitative estimate of drug-likeness (QED) is 0.551. The maximum absolute atomic E-state index is 11.3. The number of carbonyl (C=O) groups is 1. The van der Waals surface area contributed by atoms with Crippen LogP contribution in [-0.2, 0) is 9.53 Å². The number of hydrogen-bond donors (Lipinski definition) is 1. The molecule has 0 radical (unpaired) electrons. The third-order valence-corrected chi connectivity index (χ3v) is 4.37. The molecule has 0 aromatic carbocycles. The van der Waals surface area contributed by atoms with Crippen molar-refractivity contribution in [3.8, 4) is 0 Å². The number of thioether (sulfide) groups is 1. The van der Waals surface area contributed by atoms with E-state index in [2.05, 4.69) is 19.2 Å². The number of esters is 1. The summed E-state index contributed by atoms with van der Waals surface area (Å²) in [6.07, 6.45) is 4.56. The summed E-state index contributed by atoms with van der Waals surface area (Å²) < 4.78 is 5.39. The van der Waals surface area contributed by atoms with Gasteiger partial charge in [0.25, 0.3) is 0 Å². The van der Waals surface area contributed by atoms with E-state index in [0.29, 0.717) is 17.9 Å². The first kappa shape index (κ1) is 13.8. The van der Waals surface area contributed by atoms with Gasteiger partial charge >= 0.3 is 5.97 Å². The molecule has 1 saturated heterocycles. The normalized spacial score (nSPS) is 24.6. The molecule has 0 spiro atoms. The fourth-order valence-corrected chi connectivity index (χ4v) is 3.06. The zero-order chi connectivity index (χ0) is 11.9. The van der Waals surface area contributed by atoms with Gasteiger partial charge in [-0.25, -0.2) is 0 Å². The predicted molar refractivity (Wildman–Crippen MR) is 68.8 cm³/mol. The van der Waals surface area contributed by atoms with E-state index in [1.807, 2.05) is 11.8 Å². The Morgan fingerprint density at radius 2 is 2.38 bits per heavy atom. The van der Waals surface area contributed by atoms with E-state index >= 15 is 0 Å². The number of ether oxygens (including phenoxy) is 1. The Morgan fingerprint density at radius 3 is 3.00 bits per heavy atom. The Bertz CT molecular complexity index is 215. The Balaban J connectivity index is 2.03. The molecule has 3 nitrogen and oxygen atoms in total. The van der Waals surface area contributed by atoms with Gasteiger partial charge in [-0.05, 0) is 31.9 Å². The van der Waals surface area contributed by atoms with Crippen molar-refractivity contribution in [3.63, 3.8) is 0 Å². The summed E-state index contributed by atoms with van der Waals surface area (Å²) in [5.41, 5.74) is 0. The van der Waals surface area contributed by atoms with Crippen LogP contribution in [0.2, 0.25) is 0 Å². The average Bonchev–Trinajstić information content (AvgIpc) is 2.66. The van der Waals surface area contributed by atoms with Gasteiger partial charge in [0.15, 0.2) is 0 Å². The minimum atomic E-state index is -0.125. The number of nitrogens with one attached hydrogen (secondary N) is 1. The Kier molecular flexibility index (Phi) is 6.21. The summed E-state index contributed by atoms with van der Waals surface area (Å²) in [6.45, 7) is 6.16. The van der Waals surface area contributed by atoms with Gasteiger partial charge in [-0.15, -0.1) is 0 Å². The first-order chi connectivity index (χ1) is 7.66. The molecule has 1 atom stereocenters. The lowest BCUT2D eigenvalue weighted by molar-refractivity contribution is -0.142. The van der Waals surface area contributed by atoms with Crippen LogP contribution in [0.1, 0.15) is 39.5 Å². The molecule has 1 heterocycles. The topological polar surface area (TPSA) is 38.3 Å². The van der Waals surface area contributed by atoms with Crippen LogP contribution in [0, 0.1) is 0 Å². The highest BCUT2D eigenvalue weighted by Crippen LogP contribution is 2.36. The highest BCUT2D eigenvalue weighted by atomic mass is 32.2. The minimum Gasteiger partial charge on any atom is -0.465 e. The second kappa shape index (κ2) is 7.17. The molecule has 0 aromatic heterocycles. The van der Waals surface area contributed by atoms with Crippen molar-refractivity contribution in [1.82, 2.24) is 5.32 Å². The SMILES string of the molecule is CCCCOC(=O)CNCC1(C)CCCS1. The second-order valence-electron chi connectivity index (χ2n) is 4.58. The summed E-state index contributed by atoms with van der Waals surface area (Å²) in [5.74, 6) is 1.12. The van der Waals surface area contributed by atoms with Crippen molar-refractivity contribution in [2.24, 2.45) is 0 Å². The van der Waals surface area contributed by atoms with E-state index in [1.165, 1.54) is 18.6 Å². The van der Waals surface area contributed by atoms with Crippen molar-refractivity contribution >= 4 is 17.7 Å². The maximum Gasteiger partial charge on any atom is 0.319 e. The van der Waals surface area contributed by atoms with Gasteiger partial charge < -0.3 is 10.1 Å². The van der Waals surface area contributed by atoms with Gasteiger partial charge in [-0.2, -0.15) is 11.8 Å². The van der Waals surface area contributed by atoms with E-state index in [-0.39, 0.29) is 5.97 Å². The molecule has 0 saturated carbocycles. The Labute approximate surface area is 103 Å². The molecule has 1 unspecified atom stereocenters. The van der Waals surface area contributed by atoms with E-state index in [0.717, 1.165) is 19.4 Å². The van der Waals surface area contributed by atoms with Crippen LogP contribution in [0.4, 0.5) is 0 Å². The van der Waals surface area contributed by atoms with Crippen LogP contribution in [0.15, 0.2) is 0 Å². The average molecular weight is 245 g/mol. The predicted octanol–water partition coefficient (Wildman–Crippen LogP) is 2.21. The van der Waals surface area contributed by atoms with Crippen molar-refractivity contribution in [3.05, 3.63) is 0 Å². The molecule has 1 N–H and O–H groups in total. The number of carbonyl (C=O) groups excluding carboxylic acids is 1. The second-order valence-corrected chi connectivity index (χ2v) is 6.26. The fourth-order valence-electron chi connectivity index (χ4n) is 1.79. The molecule has 0 amide bonds. The Hall–Kier alpha value is -0.220. The first-order valence-electron chi connectivity index (χ1n) is 6.16. The largest absolute Gasteiger partial charge is 0.465 e. The summed E-state index contributed by atoms with van der Waals surface area (Å²) in [6, 6.07) is 0. The molecule has 1 aliphatic rings. The van der Waals surface area contributed by atoms with Crippen LogP contribution in [0.3, 0.4) is 0 Å². The van der Waals surface area contributed by atoms with E-state index < -0.39 is 0 Å². The maximum atomic E-state index is 11.3. The molecule has 1 rings (SSSR count). The molecular formula is C12H23NO2S. The van der Waals surface area contributed by atoms with E-state index in [9.17, 15) is 4.79 Å². The lowest BCUT2D eigenvalue weighted by Crippen LogP contribution is -2.36. The summed E-state index contributed by atoms with van der Waals surface area (Å²) in [7, 11) is 0. The van der Waals surface area contributed by atoms with Gasteiger partial charge in [0.1, 0.15) is 0 Å².